The summed E-state index contributed by atoms with van der Waals surface area (Å²) in [7, 11) is -3.42. The molecule has 28 heavy (non-hydrogen) atoms. The van der Waals surface area contributed by atoms with Crippen LogP contribution < -0.4 is 0 Å². The van der Waals surface area contributed by atoms with Gasteiger partial charge in [0.05, 0.1) is 18.4 Å². The van der Waals surface area contributed by atoms with E-state index in [-0.39, 0.29) is 25.1 Å². The van der Waals surface area contributed by atoms with E-state index < -0.39 is 15.3 Å². The van der Waals surface area contributed by atoms with Crippen molar-refractivity contribution < 1.29 is 17.9 Å². The molecule has 148 valence electrons. The number of sulfonamides is 1. The van der Waals surface area contributed by atoms with Gasteiger partial charge in [0, 0.05) is 37.9 Å². The van der Waals surface area contributed by atoms with Gasteiger partial charge in [-0.15, -0.1) is 0 Å². The third-order valence-electron chi connectivity index (χ3n) is 5.24. The molecule has 4 rings (SSSR count). The number of pyridine rings is 1. The summed E-state index contributed by atoms with van der Waals surface area (Å²) in [6, 6.07) is 14.6. The van der Waals surface area contributed by atoms with Crippen molar-refractivity contribution in [2.75, 3.05) is 26.2 Å². The molecule has 0 bridgehead atoms. The summed E-state index contributed by atoms with van der Waals surface area (Å²) in [6.45, 7) is 1.68. The summed E-state index contributed by atoms with van der Waals surface area (Å²) in [6.07, 6.45) is 2.26. The highest BCUT2D eigenvalue weighted by Gasteiger charge is 2.44. The van der Waals surface area contributed by atoms with Crippen LogP contribution >= 0.6 is 0 Å². The maximum Gasteiger partial charge on any atom is 0.253 e. The van der Waals surface area contributed by atoms with Gasteiger partial charge in [-0.05, 0) is 30.7 Å². The number of ether oxygens (including phenoxy) is 1. The maximum absolute atomic E-state index is 12.9. The molecule has 0 aliphatic carbocycles. The predicted molar refractivity (Wildman–Crippen MR) is 104 cm³/mol. The largest absolute Gasteiger partial charge is 0.371 e. The molecule has 1 aromatic carbocycles. The van der Waals surface area contributed by atoms with Gasteiger partial charge >= 0.3 is 0 Å². The Labute approximate surface area is 165 Å². The van der Waals surface area contributed by atoms with Gasteiger partial charge < -0.3 is 9.64 Å². The van der Waals surface area contributed by atoms with Gasteiger partial charge in [-0.1, -0.05) is 24.3 Å². The molecule has 2 fully saturated rings. The molecule has 0 spiro atoms. The number of aromatic nitrogens is 1. The summed E-state index contributed by atoms with van der Waals surface area (Å²) in [5.41, 5.74) is 1.42. The fraction of sp³-hybridized carbons (Fsp3) is 0.400. The van der Waals surface area contributed by atoms with Crippen molar-refractivity contribution in [2.24, 2.45) is 0 Å². The molecule has 2 aromatic rings. The van der Waals surface area contributed by atoms with E-state index in [2.05, 4.69) is 4.98 Å². The predicted octanol–water partition coefficient (Wildman–Crippen LogP) is 1.53. The molecule has 1 atom stereocenters. The average Bonchev–Trinajstić information content (AvgIpc) is 3.16. The van der Waals surface area contributed by atoms with Crippen LogP contribution in [0.15, 0.2) is 54.7 Å². The fourth-order valence-electron chi connectivity index (χ4n) is 3.52. The lowest BCUT2D eigenvalue weighted by Gasteiger charge is -2.40. The molecule has 0 radical (unpaired) electrons. The standard InChI is InChI=1S/C20H23N3O4S/c24-20(16-6-2-1-3-7-16)22-13-19(14-22)28(25,26)23-11-9-18(12-23)27-15-17-8-4-5-10-21-17/h1-8,10,18-19H,9,11-15H2/t18-/m0/s1. The van der Waals surface area contributed by atoms with Crippen LogP contribution in [0.5, 0.6) is 0 Å². The fourth-order valence-corrected chi connectivity index (χ4v) is 5.41. The van der Waals surface area contributed by atoms with Crippen LogP contribution in [0.2, 0.25) is 0 Å². The molecule has 0 N–H and O–H groups in total. The third-order valence-corrected chi connectivity index (χ3v) is 7.43. The molecular formula is C20H23N3O4S. The number of likely N-dealkylation sites (tertiary alicyclic amines) is 1. The normalized spacial score (nSPS) is 20.9. The molecular weight excluding hydrogens is 378 g/mol. The smallest absolute Gasteiger partial charge is 0.253 e. The van der Waals surface area contributed by atoms with Crippen LogP contribution in [-0.4, -0.2) is 66.0 Å². The number of nitrogens with zero attached hydrogens (tertiary/aromatic N) is 3. The first-order valence-corrected chi connectivity index (χ1v) is 10.9. The zero-order chi connectivity index (χ0) is 19.6. The molecule has 1 amide bonds. The summed E-state index contributed by atoms with van der Waals surface area (Å²) in [4.78, 5) is 18.2. The highest BCUT2D eigenvalue weighted by Crippen LogP contribution is 2.26. The quantitative estimate of drug-likeness (QED) is 0.733. The second-order valence-electron chi connectivity index (χ2n) is 7.14. The number of rotatable bonds is 6. The Kier molecular flexibility index (Phi) is 5.43. The van der Waals surface area contributed by atoms with E-state index in [1.54, 1.807) is 35.4 Å². The Bertz CT molecular complexity index is 915. The summed E-state index contributed by atoms with van der Waals surface area (Å²) >= 11 is 0. The highest BCUT2D eigenvalue weighted by atomic mass is 32.2. The van der Waals surface area contributed by atoms with Crippen LogP contribution in [0.3, 0.4) is 0 Å². The first-order valence-electron chi connectivity index (χ1n) is 9.39. The van der Waals surface area contributed by atoms with Gasteiger partial charge in [0.2, 0.25) is 10.0 Å². The van der Waals surface area contributed by atoms with E-state index in [9.17, 15) is 13.2 Å². The zero-order valence-corrected chi connectivity index (χ0v) is 16.3. The molecule has 3 heterocycles. The number of hydrogen-bond donors (Lipinski definition) is 0. The van der Waals surface area contributed by atoms with Gasteiger partial charge in [-0.25, -0.2) is 8.42 Å². The Hall–Kier alpha value is -2.29. The second-order valence-corrected chi connectivity index (χ2v) is 9.36. The highest BCUT2D eigenvalue weighted by molar-refractivity contribution is 7.89. The van der Waals surface area contributed by atoms with Gasteiger partial charge in [-0.3, -0.25) is 9.78 Å². The van der Waals surface area contributed by atoms with E-state index in [1.165, 1.54) is 4.31 Å². The van der Waals surface area contributed by atoms with Crippen molar-refractivity contribution >= 4 is 15.9 Å². The average molecular weight is 401 g/mol. The number of carbonyl (C=O) groups is 1. The van der Waals surface area contributed by atoms with Crippen LogP contribution in [0.1, 0.15) is 22.5 Å². The van der Waals surface area contributed by atoms with E-state index in [1.807, 2.05) is 24.3 Å². The lowest BCUT2D eigenvalue weighted by molar-refractivity contribution is 0.0485. The van der Waals surface area contributed by atoms with E-state index in [0.29, 0.717) is 31.7 Å². The van der Waals surface area contributed by atoms with Crippen molar-refractivity contribution in [3.05, 3.63) is 66.0 Å². The minimum atomic E-state index is -3.42. The summed E-state index contributed by atoms with van der Waals surface area (Å²) in [5.74, 6) is -0.120. The SMILES string of the molecule is O=C(c1ccccc1)N1CC(S(=O)(=O)N2CC[C@H](OCc3ccccn3)C2)C1. The molecule has 1 aromatic heterocycles. The molecule has 0 saturated carbocycles. The monoisotopic (exact) mass is 401 g/mol. The first kappa shape index (κ1) is 19.0. The first-order chi connectivity index (χ1) is 13.5. The van der Waals surface area contributed by atoms with Crippen LogP contribution in [0.4, 0.5) is 0 Å². The van der Waals surface area contributed by atoms with Crippen LogP contribution in [-0.2, 0) is 21.4 Å². The second kappa shape index (κ2) is 7.98. The number of hydrogen-bond acceptors (Lipinski definition) is 5. The summed E-state index contributed by atoms with van der Waals surface area (Å²) in [5, 5.41) is -0.533. The lowest BCUT2D eigenvalue weighted by atomic mass is 10.1. The van der Waals surface area contributed by atoms with E-state index in [4.69, 9.17) is 4.74 Å². The van der Waals surface area contributed by atoms with Crippen molar-refractivity contribution in [1.29, 1.82) is 0 Å². The third kappa shape index (κ3) is 3.94. The maximum atomic E-state index is 12.9. The van der Waals surface area contributed by atoms with Gasteiger partial charge in [-0.2, -0.15) is 4.31 Å². The Morgan fingerprint density at radius 2 is 1.82 bits per heavy atom. The molecule has 0 unspecified atom stereocenters. The number of amides is 1. The van der Waals surface area contributed by atoms with E-state index in [0.717, 1.165) is 5.69 Å². The lowest BCUT2D eigenvalue weighted by Crippen LogP contribution is -2.59. The van der Waals surface area contributed by atoms with Gasteiger partial charge in [0.1, 0.15) is 5.25 Å². The minimum absolute atomic E-state index is 0.120. The van der Waals surface area contributed by atoms with Crippen LogP contribution in [0, 0.1) is 0 Å². The Morgan fingerprint density at radius 1 is 1.07 bits per heavy atom. The van der Waals surface area contributed by atoms with Gasteiger partial charge in [0.15, 0.2) is 0 Å². The Morgan fingerprint density at radius 3 is 2.54 bits per heavy atom. The molecule has 2 aliphatic heterocycles. The topological polar surface area (TPSA) is 79.8 Å². The summed E-state index contributed by atoms with van der Waals surface area (Å²) < 4.78 is 33.1. The molecule has 8 heteroatoms. The minimum Gasteiger partial charge on any atom is -0.371 e. The van der Waals surface area contributed by atoms with Gasteiger partial charge in [0.25, 0.3) is 5.91 Å². The molecule has 2 saturated heterocycles. The van der Waals surface area contributed by atoms with Crippen molar-refractivity contribution in [1.82, 2.24) is 14.2 Å². The van der Waals surface area contributed by atoms with Crippen molar-refractivity contribution in [3.8, 4) is 0 Å². The molecule has 2 aliphatic rings. The van der Waals surface area contributed by atoms with Crippen molar-refractivity contribution in [2.45, 2.75) is 24.4 Å². The number of carbonyl (C=O) groups excluding carboxylic acids is 1. The molecule has 7 nitrogen and oxygen atoms in total. The van der Waals surface area contributed by atoms with E-state index >= 15 is 0 Å². The van der Waals surface area contributed by atoms with Crippen molar-refractivity contribution in [3.63, 3.8) is 0 Å². The number of benzene rings is 1. The Balaban J connectivity index is 1.28. The van der Waals surface area contributed by atoms with Crippen LogP contribution in [0.25, 0.3) is 0 Å². The zero-order valence-electron chi connectivity index (χ0n) is 15.5.